The smallest absolute Gasteiger partial charge is 0.204 e. The average molecular weight is 342 g/mol. The molecule has 2 heterocycles. The van der Waals surface area contributed by atoms with Crippen LogP contribution in [0.3, 0.4) is 0 Å². The fourth-order valence-electron chi connectivity index (χ4n) is 2.86. The van der Waals surface area contributed by atoms with Crippen LogP contribution in [0.25, 0.3) is 32.9 Å². The lowest BCUT2D eigenvalue weighted by Gasteiger charge is -2.12. The summed E-state index contributed by atoms with van der Waals surface area (Å²) in [4.78, 5) is 12.7. The molecule has 0 aliphatic carbocycles. The number of phenols is 3. The molecule has 0 fully saturated rings. The molecule has 0 saturated carbocycles. The number of hydrogen-bond donors (Lipinski definition) is 4. The van der Waals surface area contributed by atoms with E-state index in [-0.39, 0.29) is 39.0 Å². The summed E-state index contributed by atoms with van der Waals surface area (Å²) in [5.41, 5.74) is -1.97. The molecule has 7 heteroatoms. The Balaban J connectivity index is 2.20. The summed E-state index contributed by atoms with van der Waals surface area (Å²) in [7, 11) is 0. The van der Waals surface area contributed by atoms with E-state index in [9.17, 15) is 25.2 Å². The van der Waals surface area contributed by atoms with Crippen LogP contribution in [-0.2, 0) is 5.60 Å². The summed E-state index contributed by atoms with van der Waals surface area (Å²) in [5.74, 6) is -0.888. The van der Waals surface area contributed by atoms with E-state index < -0.39 is 22.5 Å². The quantitative estimate of drug-likeness (QED) is 0.392. The fourth-order valence-corrected chi connectivity index (χ4v) is 2.86. The molecule has 0 aliphatic rings. The molecule has 0 aliphatic heterocycles. The number of furan rings is 1. The highest BCUT2D eigenvalue weighted by Gasteiger charge is 2.25. The lowest BCUT2D eigenvalue weighted by molar-refractivity contribution is 0.0558. The zero-order valence-corrected chi connectivity index (χ0v) is 13.3. The predicted molar refractivity (Wildman–Crippen MR) is 90.0 cm³/mol. The second kappa shape index (κ2) is 4.67. The predicted octanol–water partition coefficient (Wildman–Crippen LogP) is 3.04. The Morgan fingerprint density at radius 1 is 0.960 bits per heavy atom. The molecule has 0 saturated heterocycles. The van der Waals surface area contributed by atoms with Gasteiger partial charge in [-0.25, -0.2) is 0 Å². The second-order valence-corrected chi connectivity index (χ2v) is 6.46. The average Bonchev–Trinajstić information content (AvgIpc) is 2.93. The Labute approximate surface area is 140 Å². The van der Waals surface area contributed by atoms with E-state index in [1.54, 1.807) is 0 Å². The molecule has 128 valence electrons. The van der Waals surface area contributed by atoms with Gasteiger partial charge in [0.15, 0.2) is 11.2 Å². The van der Waals surface area contributed by atoms with Crippen molar-refractivity contribution in [2.24, 2.45) is 0 Å². The van der Waals surface area contributed by atoms with Crippen LogP contribution in [0.15, 0.2) is 37.9 Å². The van der Waals surface area contributed by atoms with Crippen LogP contribution in [0.2, 0.25) is 0 Å². The molecule has 0 bridgehead atoms. The molecular formula is C18H14O7. The van der Waals surface area contributed by atoms with E-state index in [1.807, 2.05) is 0 Å². The number of phenolic OH excluding ortho intramolecular Hbond substituents is 3. The first-order valence-corrected chi connectivity index (χ1v) is 7.47. The van der Waals surface area contributed by atoms with E-state index in [4.69, 9.17) is 8.83 Å². The number of fused-ring (bicyclic) bond motifs is 3. The lowest BCUT2D eigenvalue weighted by Crippen LogP contribution is -2.13. The molecular weight excluding hydrogens is 328 g/mol. The SMILES string of the molecule is CC(C)(O)c1cc2cc3c(=O)c4c(O)cc(O)cc4oc3c(O)c2o1. The minimum Gasteiger partial charge on any atom is -0.508 e. The first-order chi connectivity index (χ1) is 11.7. The molecule has 0 atom stereocenters. The number of rotatable bonds is 1. The highest BCUT2D eigenvalue weighted by molar-refractivity contribution is 6.04. The molecule has 0 unspecified atom stereocenters. The molecule has 4 rings (SSSR count). The van der Waals surface area contributed by atoms with Gasteiger partial charge in [0.05, 0.1) is 5.39 Å². The van der Waals surface area contributed by atoms with Crippen LogP contribution < -0.4 is 5.43 Å². The number of benzene rings is 2. The first kappa shape index (κ1) is 15.3. The maximum atomic E-state index is 12.7. The van der Waals surface area contributed by atoms with Gasteiger partial charge in [0.1, 0.15) is 33.8 Å². The van der Waals surface area contributed by atoms with Crippen molar-refractivity contribution in [2.45, 2.75) is 19.4 Å². The highest BCUT2D eigenvalue weighted by Crippen LogP contribution is 2.39. The van der Waals surface area contributed by atoms with Crippen molar-refractivity contribution in [3.05, 3.63) is 40.2 Å². The molecule has 0 amide bonds. The monoisotopic (exact) mass is 342 g/mol. The van der Waals surface area contributed by atoms with E-state index >= 15 is 0 Å². The largest absolute Gasteiger partial charge is 0.508 e. The van der Waals surface area contributed by atoms with Gasteiger partial charge in [-0.1, -0.05) is 0 Å². The molecule has 0 spiro atoms. The van der Waals surface area contributed by atoms with Crippen molar-refractivity contribution in [1.29, 1.82) is 0 Å². The van der Waals surface area contributed by atoms with Crippen molar-refractivity contribution in [2.75, 3.05) is 0 Å². The fraction of sp³-hybridized carbons (Fsp3) is 0.167. The second-order valence-electron chi connectivity index (χ2n) is 6.46. The number of aliphatic hydroxyl groups is 1. The topological polar surface area (TPSA) is 124 Å². The summed E-state index contributed by atoms with van der Waals surface area (Å²) in [6, 6.07) is 5.19. The third-order valence-corrected chi connectivity index (χ3v) is 4.09. The van der Waals surface area contributed by atoms with Gasteiger partial charge < -0.3 is 29.3 Å². The van der Waals surface area contributed by atoms with Crippen LogP contribution in [-0.4, -0.2) is 20.4 Å². The van der Waals surface area contributed by atoms with Crippen LogP contribution in [0.1, 0.15) is 19.6 Å². The van der Waals surface area contributed by atoms with Gasteiger partial charge in [-0.15, -0.1) is 0 Å². The van der Waals surface area contributed by atoms with Crippen LogP contribution in [0, 0.1) is 0 Å². The van der Waals surface area contributed by atoms with Crippen LogP contribution in [0.5, 0.6) is 17.2 Å². The van der Waals surface area contributed by atoms with Crippen molar-refractivity contribution in [3.63, 3.8) is 0 Å². The first-order valence-electron chi connectivity index (χ1n) is 7.47. The third kappa shape index (κ3) is 2.13. The van der Waals surface area contributed by atoms with Gasteiger partial charge in [0, 0.05) is 17.5 Å². The standard InChI is InChI=1S/C18H14O7/c1-18(2,23)12-4-7-3-9-14(21)13-10(20)5-8(19)6-11(13)24-17(9)15(22)16(7)25-12/h3-6,19-20,22-23H,1-2H3. The number of hydrogen-bond acceptors (Lipinski definition) is 7. The Morgan fingerprint density at radius 3 is 2.36 bits per heavy atom. The van der Waals surface area contributed by atoms with Crippen molar-refractivity contribution in [1.82, 2.24) is 0 Å². The van der Waals surface area contributed by atoms with Gasteiger partial charge in [0.25, 0.3) is 0 Å². The Kier molecular flexibility index (Phi) is 2.87. The Morgan fingerprint density at radius 2 is 1.68 bits per heavy atom. The Bertz CT molecular complexity index is 1220. The highest BCUT2D eigenvalue weighted by atomic mass is 16.4. The molecule has 4 N–H and O–H groups in total. The zero-order valence-electron chi connectivity index (χ0n) is 13.3. The maximum absolute atomic E-state index is 12.7. The normalized spacial score (nSPS) is 12.4. The molecule has 4 aromatic rings. The summed E-state index contributed by atoms with van der Waals surface area (Å²) >= 11 is 0. The van der Waals surface area contributed by atoms with E-state index in [0.29, 0.717) is 5.39 Å². The van der Waals surface area contributed by atoms with Gasteiger partial charge in [-0.2, -0.15) is 0 Å². The molecule has 0 radical (unpaired) electrons. The van der Waals surface area contributed by atoms with Crippen molar-refractivity contribution >= 4 is 32.9 Å². The van der Waals surface area contributed by atoms with Gasteiger partial charge in [0.2, 0.25) is 11.2 Å². The number of aromatic hydroxyl groups is 3. The van der Waals surface area contributed by atoms with Gasteiger partial charge in [-0.05, 0) is 26.0 Å². The van der Waals surface area contributed by atoms with E-state index in [0.717, 1.165) is 6.07 Å². The summed E-state index contributed by atoms with van der Waals surface area (Å²) in [5, 5.41) is 40.4. The molecule has 25 heavy (non-hydrogen) atoms. The van der Waals surface area contributed by atoms with Crippen LogP contribution in [0.4, 0.5) is 0 Å². The zero-order chi connectivity index (χ0) is 18.1. The minimum atomic E-state index is -1.27. The van der Waals surface area contributed by atoms with Crippen molar-refractivity contribution in [3.8, 4) is 17.2 Å². The summed E-state index contributed by atoms with van der Waals surface area (Å²) in [6.45, 7) is 3.06. The third-order valence-electron chi connectivity index (χ3n) is 4.09. The van der Waals surface area contributed by atoms with Crippen molar-refractivity contribution < 1.29 is 29.3 Å². The van der Waals surface area contributed by atoms with Crippen LogP contribution >= 0.6 is 0 Å². The molecule has 2 aromatic carbocycles. The summed E-state index contributed by atoms with van der Waals surface area (Å²) < 4.78 is 11.0. The molecule has 7 nitrogen and oxygen atoms in total. The lowest BCUT2D eigenvalue weighted by atomic mass is 10.1. The van der Waals surface area contributed by atoms with Gasteiger partial charge in [-0.3, -0.25) is 4.79 Å². The molecule has 2 aromatic heterocycles. The Hall–Kier alpha value is -3.19. The van der Waals surface area contributed by atoms with E-state index in [1.165, 1.54) is 32.0 Å². The van der Waals surface area contributed by atoms with E-state index in [2.05, 4.69) is 0 Å². The maximum Gasteiger partial charge on any atom is 0.204 e. The summed E-state index contributed by atoms with van der Waals surface area (Å²) in [6.07, 6.45) is 0. The van der Waals surface area contributed by atoms with Gasteiger partial charge >= 0.3 is 0 Å². The minimum absolute atomic E-state index is 0.0431.